The lowest BCUT2D eigenvalue weighted by Gasteiger charge is -2.11. The lowest BCUT2D eigenvalue weighted by molar-refractivity contribution is -0.114. The Balaban J connectivity index is 1.86. The van der Waals surface area contributed by atoms with Gasteiger partial charge in [0.2, 0.25) is 5.91 Å². The van der Waals surface area contributed by atoms with Gasteiger partial charge in [-0.25, -0.2) is 0 Å². The lowest BCUT2D eigenvalue weighted by Crippen LogP contribution is -2.24. The zero-order valence-electron chi connectivity index (χ0n) is 14.7. The Kier molecular flexibility index (Phi) is 8.23. The van der Waals surface area contributed by atoms with Crippen molar-refractivity contribution in [1.29, 1.82) is 0 Å². The topological polar surface area (TPSA) is 70.2 Å². The molecule has 0 radical (unpaired) electrons. The summed E-state index contributed by atoms with van der Waals surface area (Å²) >= 11 is 17.8. The molecule has 27 heavy (non-hydrogen) atoms. The highest BCUT2D eigenvalue weighted by molar-refractivity contribution is 6.44. The minimum Gasteiger partial charge on any atom is -0.376 e. The monoisotopic (exact) mass is 427 g/mol. The highest BCUT2D eigenvalue weighted by Crippen LogP contribution is 2.32. The molecule has 5 nitrogen and oxygen atoms in total. The largest absolute Gasteiger partial charge is 0.376 e. The van der Waals surface area contributed by atoms with Gasteiger partial charge >= 0.3 is 0 Å². The predicted octanol–water partition coefficient (Wildman–Crippen LogP) is 5.23. The molecule has 0 aliphatic heterocycles. The molecule has 144 valence electrons. The Labute approximate surface area is 173 Å². The molecule has 0 aliphatic carbocycles. The smallest absolute Gasteiger partial charge is 0.251 e. The number of hydrogen-bond donors (Lipinski definition) is 3. The van der Waals surface area contributed by atoms with Gasteiger partial charge in [0.1, 0.15) is 0 Å². The van der Waals surface area contributed by atoms with Gasteiger partial charge in [-0.05, 0) is 42.8 Å². The Hall–Kier alpha value is -1.95. The van der Waals surface area contributed by atoms with Gasteiger partial charge in [0.15, 0.2) is 0 Å². The van der Waals surface area contributed by atoms with E-state index >= 15 is 0 Å². The first kappa shape index (κ1) is 21.4. The van der Waals surface area contributed by atoms with Crippen molar-refractivity contribution in [3.8, 4) is 0 Å². The zero-order chi connectivity index (χ0) is 19.8. The van der Waals surface area contributed by atoms with Gasteiger partial charge in [-0.15, -0.1) is 0 Å². The number of anilines is 2. The summed E-state index contributed by atoms with van der Waals surface area (Å²) in [5.74, 6) is -0.404. The third-order valence-corrected chi connectivity index (χ3v) is 4.73. The van der Waals surface area contributed by atoms with Crippen LogP contribution in [0.3, 0.4) is 0 Å². The Bertz CT molecular complexity index is 811. The molecule has 2 amide bonds. The molecule has 0 bridgehead atoms. The summed E-state index contributed by atoms with van der Waals surface area (Å²) in [5.41, 5.74) is 1.68. The number of benzene rings is 2. The van der Waals surface area contributed by atoms with E-state index in [1.54, 1.807) is 24.3 Å². The molecule has 2 aromatic rings. The second-order valence-corrected chi connectivity index (χ2v) is 7.06. The normalized spacial score (nSPS) is 10.4. The second kappa shape index (κ2) is 10.4. The van der Waals surface area contributed by atoms with Gasteiger partial charge in [-0.1, -0.05) is 48.1 Å². The average Bonchev–Trinajstić information content (AvgIpc) is 2.65. The minimum atomic E-state index is -0.295. The van der Waals surface area contributed by atoms with Gasteiger partial charge in [-0.2, -0.15) is 0 Å². The van der Waals surface area contributed by atoms with Crippen molar-refractivity contribution >= 4 is 58.0 Å². The van der Waals surface area contributed by atoms with Crippen molar-refractivity contribution in [3.05, 3.63) is 57.0 Å². The maximum atomic E-state index is 12.1. The molecule has 0 aromatic heterocycles. The first-order valence-corrected chi connectivity index (χ1v) is 9.60. The van der Waals surface area contributed by atoms with Crippen LogP contribution in [-0.4, -0.2) is 24.9 Å². The summed E-state index contributed by atoms with van der Waals surface area (Å²) < 4.78 is 0. The molecule has 0 atom stereocenters. The first-order chi connectivity index (χ1) is 12.9. The summed E-state index contributed by atoms with van der Waals surface area (Å²) in [5, 5.41) is 9.42. The van der Waals surface area contributed by atoms with Crippen molar-refractivity contribution in [2.24, 2.45) is 0 Å². The van der Waals surface area contributed by atoms with E-state index in [4.69, 9.17) is 34.8 Å². The highest BCUT2D eigenvalue weighted by Gasteiger charge is 2.10. The predicted molar refractivity (Wildman–Crippen MR) is 112 cm³/mol. The number of carbonyl (C=O) groups excluding carboxylic acids is 2. The number of amides is 2. The van der Waals surface area contributed by atoms with Crippen molar-refractivity contribution in [1.82, 2.24) is 5.32 Å². The Morgan fingerprint density at radius 2 is 1.63 bits per heavy atom. The van der Waals surface area contributed by atoms with E-state index in [1.165, 1.54) is 12.1 Å². The molecule has 0 aliphatic rings. The molecule has 2 aromatic carbocycles. The fourth-order valence-corrected chi connectivity index (χ4v) is 2.81. The van der Waals surface area contributed by atoms with Crippen LogP contribution in [0.1, 0.15) is 30.1 Å². The minimum absolute atomic E-state index is 0.0264. The first-order valence-electron chi connectivity index (χ1n) is 8.47. The summed E-state index contributed by atoms with van der Waals surface area (Å²) in [7, 11) is 0. The summed E-state index contributed by atoms with van der Waals surface area (Å²) in [6.07, 6.45) is 1.97. The molecular weight excluding hydrogens is 409 g/mol. The van der Waals surface area contributed by atoms with Crippen molar-refractivity contribution in [2.45, 2.75) is 19.8 Å². The molecule has 2 rings (SSSR count). The average molecular weight is 429 g/mol. The van der Waals surface area contributed by atoms with Gasteiger partial charge in [-0.3, -0.25) is 9.59 Å². The van der Waals surface area contributed by atoms with Crippen LogP contribution in [0.15, 0.2) is 36.4 Å². The number of carbonyl (C=O) groups is 2. The maximum Gasteiger partial charge on any atom is 0.251 e. The molecule has 0 unspecified atom stereocenters. The zero-order valence-corrected chi connectivity index (χ0v) is 17.0. The van der Waals surface area contributed by atoms with Crippen LogP contribution in [0.4, 0.5) is 11.4 Å². The fourth-order valence-electron chi connectivity index (χ4n) is 2.22. The van der Waals surface area contributed by atoms with Gasteiger partial charge in [0.25, 0.3) is 5.91 Å². The number of nitrogens with one attached hydrogen (secondary N) is 3. The highest BCUT2D eigenvalue weighted by atomic mass is 35.5. The lowest BCUT2D eigenvalue weighted by atomic mass is 10.2. The summed E-state index contributed by atoms with van der Waals surface area (Å²) in [6.45, 7) is 2.75. The summed E-state index contributed by atoms with van der Waals surface area (Å²) in [6, 6.07) is 9.87. The van der Waals surface area contributed by atoms with E-state index in [1.807, 2.05) is 0 Å². The molecule has 3 N–H and O–H groups in total. The van der Waals surface area contributed by atoms with Crippen LogP contribution in [0.5, 0.6) is 0 Å². The Morgan fingerprint density at radius 1 is 0.963 bits per heavy atom. The fraction of sp³-hybridized carbons (Fsp3) is 0.263. The molecule has 0 heterocycles. The van der Waals surface area contributed by atoms with Crippen LogP contribution in [0.25, 0.3) is 0 Å². The summed E-state index contributed by atoms with van der Waals surface area (Å²) in [4.78, 5) is 24.0. The third-order valence-electron chi connectivity index (χ3n) is 3.70. The van der Waals surface area contributed by atoms with Crippen LogP contribution in [-0.2, 0) is 4.79 Å². The standard InChI is InChI=1S/C19H20Cl3N3O2/c1-2-3-8-23-19(27)12-4-6-13(7-5-12)24-11-18(26)25-17-10-15(21)14(20)9-16(17)22/h4-7,9-10,24H,2-3,8,11H2,1H3,(H,23,27)(H,25,26). The van der Waals surface area contributed by atoms with Crippen molar-refractivity contribution in [3.63, 3.8) is 0 Å². The van der Waals surface area contributed by atoms with E-state index < -0.39 is 0 Å². The van der Waals surface area contributed by atoms with Gasteiger partial charge < -0.3 is 16.0 Å². The van der Waals surface area contributed by atoms with E-state index in [2.05, 4.69) is 22.9 Å². The van der Waals surface area contributed by atoms with Gasteiger partial charge in [0, 0.05) is 17.8 Å². The van der Waals surface area contributed by atoms with E-state index in [0.717, 1.165) is 18.5 Å². The number of hydrogen-bond acceptors (Lipinski definition) is 3. The van der Waals surface area contributed by atoms with Gasteiger partial charge in [0.05, 0.1) is 27.3 Å². The van der Waals surface area contributed by atoms with Crippen LogP contribution in [0.2, 0.25) is 15.1 Å². The quantitative estimate of drug-likeness (QED) is 0.398. The molecule has 0 saturated carbocycles. The van der Waals surface area contributed by atoms with Crippen molar-refractivity contribution < 1.29 is 9.59 Å². The molecular formula is C19H20Cl3N3O2. The second-order valence-electron chi connectivity index (χ2n) is 5.83. The maximum absolute atomic E-state index is 12.1. The SMILES string of the molecule is CCCCNC(=O)c1ccc(NCC(=O)Nc2cc(Cl)c(Cl)cc2Cl)cc1. The van der Waals surface area contributed by atoms with E-state index in [0.29, 0.717) is 32.9 Å². The molecule has 8 heteroatoms. The third kappa shape index (κ3) is 6.61. The van der Waals surface area contributed by atoms with E-state index in [9.17, 15) is 9.59 Å². The molecule has 0 saturated heterocycles. The molecule has 0 spiro atoms. The molecule has 0 fully saturated rings. The number of rotatable bonds is 8. The van der Waals surface area contributed by atoms with Crippen LogP contribution >= 0.6 is 34.8 Å². The van der Waals surface area contributed by atoms with Crippen molar-refractivity contribution in [2.75, 3.05) is 23.7 Å². The van der Waals surface area contributed by atoms with E-state index in [-0.39, 0.29) is 18.4 Å². The number of halogens is 3. The number of unbranched alkanes of at least 4 members (excludes halogenated alkanes) is 1. The Morgan fingerprint density at radius 3 is 2.30 bits per heavy atom. The van der Waals surface area contributed by atoms with Crippen LogP contribution < -0.4 is 16.0 Å². The van der Waals surface area contributed by atoms with Crippen LogP contribution in [0, 0.1) is 0 Å².